The van der Waals surface area contributed by atoms with Crippen molar-refractivity contribution in [1.82, 2.24) is 0 Å². The van der Waals surface area contributed by atoms with Crippen molar-refractivity contribution in [3.05, 3.63) is 30.3 Å². The van der Waals surface area contributed by atoms with Gasteiger partial charge in [0.1, 0.15) is 0 Å². The number of carbonyl (C=O) groups excluding carboxylic acids is 1. The number of halogens is 3. The molecule has 94 valence electrons. The first-order valence-electron chi connectivity index (χ1n) is 5.20. The van der Waals surface area contributed by atoms with Crippen LogP contribution in [0.2, 0.25) is 0 Å². The molecule has 1 aromatic carbocycles. The molecule has 1 rings (SSSR count). The lowest BCUT2D eigenvalue weighted by Crippen LogP contribution is -2.33. The number of benzene rings is 1. The molecule has 0 aliphatic carbocycles. The van der Waals surface area contributed by atoms with E-state index in [1.165, 1.54) is 18.9 Å². The summed E-state index contributed by atoms with van der Waals surface area (Å²) in [6, 6.07) is 8.60. The standard InChI is InChI=1S/C12H14F3NO/c1-9(8-12(13,14)15)11(17)16(2)10-6-4-3-5-7-10/h3-7,9H,8H2,1-2H3. The minimum atomic E-state index is -4.31. The van der Waals surface area contributed by atoms with E-state index in [0.717, 1.165) is 0 Å². The van der Waals surface area contributed by atoms with Crippen molar-refractivity contribution >= 4 is 11.6 Å². The Balaban J connectivity index is 2.71. The molecule has 0 saturated heterocycles. The number of para-hydroxylation sites is 1. The average molecular weight is 245 g/mol. The molecule has 0 aromatic heterocycles. The summed E-state index contributed by atoms with van der Waals surface area (Å²) in [5.41, 5.74) is 0.589. The van der Waals surface area contributed by atoms with E-state index in [9.17, 15) is 18.0 Å². The van der Waals surface area contributed by atoms with E-state index < -0.39 is 24.4 Å². The van der Waals surface area contributed by atoms with Gasteiger partial charge in [-0.2, -0.15) is 13.2 Å². The van der Waals surface area contributed by atoms with E-state index >= 15 is 0 Å². The summed E-state index contributed by atoms with van der Waals surface area (Å²) < 4.78 is 36.5. The van der Waals surface area contributed by atoms with Crippen LogP contribution in [0.1, 0.15) is 13.3 Å². The number of hydrogen-bond donors (Lipinski definition) is 0. The molecule has 0 aliphatic rings. The minimum Gasteiger partial charge on any atom is -0.315 e. The fourth-order valence-corrected chi connectivity index (χ4v) is 1.54. The molecule has 1 atom stereocenters. The number of anilines is 1. The SMILES string of the molecule is CC(CC(F)(F)F)C(=O)N(C)c1ccccc1. The molecular weight excluding hydrogens is 231 g/mol. The summed E-state index contributed by atoms with van der Waals surface area (Å²) in [6.07, 6.45) is -5.41. The van der Waals surface area contributed by atoms with Gasteiger partial charge < -0.3 is 4.90 Å². The number of rotatable bonds is 3. The number of amides is 1. The minimum absolute atomic E-state index is 0.534. The molecule has 0 spiro atoms. The molecule has 1 unspecified atom stereocenters. The molecule has 0 N–H and O–H groups in total. The summed E-state index contributed by atoms with van der Waals surface area (Å²) in [7, 11) is 1.48. The molecule has 0 heterocycles. The Labute approximate surface area is 98.0 Å². The third-order valence-corrected chi connectivity index (χ3v) is 2.43. The first kappa shape index (κ1) is 13.5. The summed E-state index contributed by atoms with van der Waals surface area (Å²) in [5.74, 6) is -1.60. The molecular formula is C12H14F3NO. The Hall–Kier alpha value is -1.52. The van der Waals surface area contributed by atoms with Crippen LogP contribution in [0.25, 0.3) is 0 Å². The van der Waals surface area contributed by atoms with Crippen LogP contribution in [0.15, 0.2) is 30.3 Å². The lowest BCUT2D eigenvalue weighted by atomic mass is 10.1. The van der Waals surface area contributed by atoms with Crippen molar-refractivity contribution in [1.29, 1.82) is 0 Å². The van der Waals surface area contributed by atoms with Crippen molar-refractivity contribution < 1.29 is 18.0 Å². The van der Waals surface area contributed by atoms with Gasteiger partial charge in [0.05, 0.1) is 6.42 Å². The van der Waals surface area contributed by atoms with Gasteiger partial charge in [-0.25, -0.2) is 0 Å². The van der Waals surface area contributed by atoms with Gasteiger partial charge in [0.15, 0.2) is 0 Å². The molecule has 0 fully saturated rings. The maximum Gasteiger partial charge on any atom is 0.389 e. The molecule has 0 aliphatic heterocycles. The second-order valence-electron chi connectivity index (χ2n) is 3.95. The van der Waals surface area contributed by atoms with E-state index in [2.05, 4.69) is 0 Å². The topological polar surface area (TPSA) is 20.3 Å². The van der Waals surface area contributed by atoms with E-state index in [0.29, 0.717) is 5.69 Å². The van der Waals surface area contributed by atoms with E-state index in [1.54, 1.807) is 30.3 Å². The van der Waals surface area contributed by atoms with E-state index in [4.69, 9.17) is 0 Å². The highest BCUT2D eigenvalue weighted by molar-refractivity contribution is 5.94. The van der Waals surface area contributed by atoms with Crippen LogP contribution in [-0.4, -0.2) is 19.1 Å². The predicted octanol–water partition coefficient (Wildman–Crippen LogP) is 3.24. The molecule has 1 amide bonds. The third-order valence-electron chi connectivity index (χ3n) is 2.43. The van der Waals surface area contributed by atoms with Crippen LogP contribution < -0.4 is 4.90 Å². The predicted molar refractivity (Wildman–Crippen MR) is 59.7 cm³/mol. The molecule has 2 nitrogen and oxygen atoms in total. The Bertz CT molecular complexity index is 375. The second kappa shape index (κ2) is 5.21. The molecule has 17 heavy (non-hydrogen) atoms. The summed E-state index contributed by atoms with van der Waals surface area (Å²) in [4.78, 5) is 13.0. The van der Waals surface area contributed by atoms with E-state index in [1.807, 2.05) is 0 Å². The summed E-state index contributed by atoms with van der Waals surface area (Å²) >= 11 is 0. The molecule has 1 aromatic rings. The Morgan fingerprint density at radius 2 is 1.82 bits per heavy atom. The number of hydrogen-bond acceptors (Lipinski definition) is 1. The lowest BCUT2D eigenvalue weighted by molar-refractivity contribution is -0.151. The van der Waals surface area contributed by atoms with Gasteiger partial charge in [0.25, 0.3) is 0 Å². The van der Waals surface area contributed by atoms with Crippen LogP contribution in [0, 0.1) is 5.92 Å². The van der Waals surface area contributed by atoms with Gasteiger partial charge in [-0.05, 0) is 12.1 Å². The maximum atomic E-state index is 12.2. The first-order valence-corrected chi connectivity index (χ1v) is 5.20. The van der Waals surface area contributed by atoms with Crippen molar-refractivity contribution in [3.63, 3.8) is 0 Å². The first-order chi connectivity index (χ1) is 7.81. The van der Waals surface area contributed by atoms with Gasteiger partial charge in [-0.3, -0.25) is 4.79 Å². The second-order valence-corrected chi connectivity index (χ2v) is 3.95. The average Bonchev–Trinajstić information content (AvgIpc) is 2.26. The number of alkyl halides is 3. The fraction of sp³-hybridized carbons (Fsp3) is 0.417. The summed E-state index contributed by atoms with van der Waals surface area (Å²) in [6.45, 7) is 1.29. The maximum absolute atomic E-state index is 12.2. The third kappa shape index (κ3) is 4.09. The van der Waals surface area contributed by atoms with Gasteiger partial charge in [-0.1, -0.05) is 25.1 Å². The highest BCUT2D eigenvalue weighted by atomic mass is 19.4. The zero-order valence-corrected chi connectivity index (χ0v) is 9.66. The monoisotopic (exact) mass is 245 g/mol. The van der Waals surface area contributed by atoms with Crippen LogP contribution in [0.5, 0.6) is 0 Å². The van der Waals surface area contributed by atoms with Crippen molar-refractivity contribution in [2.24, 2.45) is 5.92 Å². The molecule has 0 radical (unpaired) electrons. The highest BCUT2D eigenvalue weighted by Crippen LogP contribution is 2.26. The van der Waals surface area contributed by atoms with Crippen molar-refractivity contribution in [3.8, 4) is 0 Å². The Kier molecular flexibility index (Phi) is 4.15. The van der Waals surface area contributed by atoms with Crippen molar-refractivity contribution in [2.75, 3.05) is 11.9 Å². The largest absolute Gasteiger partial charge is 0.389 e. The van der Waals surface area contributed by atoms with Gasteiger partial charge >= 0.3 is 6.18 Å². The number of nitrogens with zero attached hydrogens (tertiary/aromatic N) is 1. The zero-order chi connectivity index (χ0) is 13.1. The van der Waals surface area contributed by atoms with Crippen LogP contribution >= 0.6 is 0 Å². The smallest absolute Gasteiger partial charge is 0.315 e. The summed E-state index contributed by atoms with van der Waals surface area (Å²) in [5, 5.41) is 0. The van der Waals surface area contributed by atoms with Gasteiger partial charge in [0, 0.05) is 18.7 Å². The molecule has 0 saturated carbocycles. The normalized spacial score (nSPS) is 13.2. The fourth-order valence-electron chi connectivity index (χ4n) is 1.54. The lowest BCUT2D eigenvalue weighted by Gasteiger charge is -2.22. The van der Waals surface area contributed by atoms with Crippen LogP contribution in [0.3, 0.4) is 0 Å². The zero-order valence-electron chi connectivity index (χ0n) is 9.66. The van der Waals surface area contributed by atoms with Gasteiger partial charge in [0.2, 0.25) is 5.91 Å². The Morgan fingerprint density at radius 1 is 1.29 bits per heavy atom. The van der Waals surface area contributed by atoms with Crippen molar-refractivity contribution in [2.45, 2.75) is 19.5 Å². The van der Waals surface area contributed by atoms with E-state index in [-0.39, 0.29) is 0 Å². The molecule has 0 bridgehead atoms. The molecule has 5 heteroatoms. The highest BCUT2D eigenvalue weighted by Gasteiger charge is 2.34. The quantitative estimate of drug-likeness (QED) is 0.800. The van der Waals surface area contributed by atoms with Crippen LogP contribution in [-0.2, 0) is 4.79 Å². The number of carbonyl (C=O) groups is 1. The van der Waals surface area contributed by atoms with Gasteiger partial charge in [-0.15, -0.1) is 0 Å². The van der Waals surface area contributed by atoms with Crippen LogP contribution in [0.4, 0.5) is 18.9 Å². The Morgan fingerprint density at radius 3 is 2.29 bits per heavy atom.